The van der Waals surface area contributed by atoms with Crippen LogP contribution in [0.1, 0.15) is 0 Å². The van der Waals surface area contributed by atoms with Crippen molar-refractivity contribution in [3.63, 3.8) is 0 Å². The van der Waals surface area contributed by atoms with E-state index >= 15 is 0 Å². The summed E-state index contributed by atoms with van der Waals surface area (Å²) in [4.78, 5) is 27.3. The fourth-order valence-electron chi connectivity index (χ4n) is 1.58. The zero-order valence-corrected chi connectivity index (χ0v) is 11.2. The number of nitrogens with zero attached hydrogens (tertiary/aromatic N) is 1. The summed E-state index contributed by atoms with van der Waals surface area (Å²) in [6.07, 6.45) is 1.38. The number of ether oxygens (including phenoxy) is 1. The van der Waals surface area contributed by atoms with Crippen molar-refractivity contribution in [2.75, 3.05) is 17.7 Å². The fraction of sp³-hybridized carbons (Fsp3) is 0.0714. The van der Waals surface area contributed by atoms with E-state index in [1.807, 2.05) is 0 Å². The Hall–Kier alpha value is -3.09. The largest absolute Gasteiger partial charge is 0.504 e. The number of hydrogen-bond acceptors (Lipinski definition) is 5. The maximum atomic E-state index is 11.8. The van der Waals surface area contributed by atoms with Crippen LogP contribution in [0.2, 0.25) is 0 Å². The van der Waals surface area contributed by atoms with E-state index in [2.05, 4.69) is 15.6 Å². The van der Waals surface area contributed by atoms with Crippen LogP contribution in [0.3, 0.4) is 0 Å². The topological polar surface area (TPSA) is 101 Å². The molecule has 1 aromatic heterocycles. The molecule has 7 nitrogen and oxygen atoms in total. The molecule has 0 radical (unpaired) electrons. The Labute approximate surface area is 120 Å². The third kappa shape index (κ3) is 3.47. The quantitative estimate of drug-likeness (QED) is 0.740. The SMILES string of the molecule is COc1ccccc1NC(=O)C(=O)Nc1ncccc1O. The molecule has 7 heteroatoms. The van der Waals surface area contributed by atoms with Crippen molar-refractivity contribution in [2.24, 2.45) is 0 Å². The van der Waals surface area contributed by atoms with E-state index in [9.17, 15) is 14.7 Å². The van der Waals surface area contributed by atoms with E-state index in [4.69, 9.17) is 4.74 Å². The predicted molar refractivity (Wildman–Crippen MR) is 76.2 cm³/mol. The Balaban J connectivity index is 2.07. The number of anilines is 2. The molecular formula is C14H13N3O4. The normalized spacial score (nSPS) is 9.76. The molecule has 3 N–H and O–H groups in total. The lowest BCUT2D eigenvalue weighted by Gasteiger charge is -2.10. The second-order valence-corrected chi connectivity index (χ2v) is 3.98. The lowest BCUT2D eigenvalue weighted by Crippen LogP contribution is -2.29. The number of aromatic hydroxyl groups is 1. The number of benzene rings is 1. The van der Waals surface area contributed by atoms with Gasteiger partial charge >= 0.3 is 11.8 Å². The van der Waals surface area contributed by atoms with Gasteiger partial charge in [-0.1, -0.05) is 12.1 Å². The van der Waals surface area contributed by atoms with Crippen LogP contribution in [0.4, 0.5) is 11.5 Å². The highest BCUT2D eigenvalue weighted by Gasteiger charge is 2.17. The van der Waals surface area contributed by atoms with Gasteiger partial charge < -0.3 is 15.2 Å². The van der Waals surface area contributed by atoms with Gasteiger partial charge in [-0.05, 0) is 24.3 Å². The summed E-state index contributed by atoms with van der Waals surface area (Å²) in [5.41, 5.74) is 0.366. The smallest absolute Gasteiger partial charge is 0.315 e. The summed E-state index contributed by atoms with van der Waals surface area (Å²) >= 11 is 0. The maximum Gasteiger partial charge on any atom is 0.315 e. The highest BCUT2D eigenvalue weighted by molar-refractivity contribution is 6.43. The van der Waals surface area contributed by atoms with Gasteiger partial charge in [0.05, 0.1) is 12.8 Å². The van der Waals surface area contributed by atoms with Gasteiger partial charge in [-0.25, -0.2) is 4.98 Å². The van der Waals surface area contributed by atoms with Gasteiger partial charge in [-0.3, -0.25) is 14.9 Å². The molecular weight excluding hydrogens is 274 g/mol. The molecule has 2 amide bonds. The van der Waals surface area contributed by atoms with E-state index in [0.717, 1.165) is 0 Å². The average molecular weight is 287 g/mol. The second kappa shape index (κ2) is 6.38. The first-order valence-corrected chi connectivity index (χ1v) is 6.01. The van der Waals surface area contributed by atoms with Crippen LogP contribution in [-0.2, 0) is 9.59 Å². The number of carbonyl (C=O) groups is 2. The highest BCUT2D eigenvalue weighted by atomic mass is 16.5. The Morgan fingerprint density at radius 1 is 1.10 bits per heavy atom. The number of rotatable bonds is 3. The first-order chi connectivity index (χ1) is 10.1. The summed E-state index contributed by atoms with van der Waals surface area (Å²) in [6, 6.07) is 9.53. The van der Waals surface area contributed by atoms with Crippen LogP contribution in [-0.4, -0.2) is 29.0 Å². The van der Waals surface area contributed by atoms with Gasteiger partial charge in [0.2, 0.25) is 0 Å². The van der Waals surface area contributed by atoms with Crippen LogP contribution in [0, 0.1) is 0 Å². The lowest BCUT2D eigenvalue weighted by molar-refractivity contribution is -0.133. The minimum absolute atomic E-state index is 0.0855. The van der Waals surface area contributed by atoms with E-state index in [-0.39, 0.29) is 11.6 Å². The van der Waals surface area contributed by atoms with Crippen molar-refractivity contribution in [3.05, 3.63) is 42.6 Å². The zero-order valence-electron chi connectivity index (χ0n) is 11.2. The highest BCUT2D eigenvalue weighted by Crippen LogP contribution is 2.23. The first-order valence-electron chi connectivity index (χ1n) is 6.01. The molecule has 1 heterocycles. The minimum Gasteiger partial charge on any atom is -0.504 e. The van der Waals surface area contributed by atoms with Crippen LogP contribution in [0.15, 0.2) is 42.6 Å². The Morgan fingerprint density at radius 2 is 1.81 bits per heavy atom. The molecule has 0 unspecified atom stereocenters. The molecule has 0 bridgehead atoms. The molecule has 2 aromatic rings. The van der Waals surface area contributed by atoms with Crippen LogP contribution >= 0.6 is 0 Å². The van der Waals surface area contributed by atoms with Crippen molar-refractivity contribution in [1.29, 1.82) is 0 Å². The summed E-state index contributed by atoms with van der Waals surface area (Å²) in [5.74, 6) is -1.73. The lowest BCUT2D eigenvalue weighted by atomic mass is 10.3. The molecule has 1 aromatic carbocycles. The molecule has 0 aliphatic heterocycles. The summed E-state index contributed by atoms with van der Waals surface area (Å²) in [7, 11) is 1.46. The first kappa shape index (κ1) is 14.3. The monoisotopic (exact) mass is 287 g/mol. The number of aromatic nitrogens is 1. The summed E-state index contributed by atoms with van der Waals surface area (Å²) in [5, 5.41) is 14.1. The number of nitrogens with one attached hydrogen (secondary N) is 2. The summed E-state index contributed by atoms with van der Waals surface area (Å²) in [6.45, 7) is 0. The van der Waals surface area contributed by atoms with Gasteiger partial charge in [0.15, 0.2) is 11.6 Å². The number of carbonyl (C=O) groups excluding carboxylic acids is 2. The second-order valence-electron chi connectivity index (χ2n) is 3.98. The number of para-hydroxylation sites is 2. The molecule has 0 fully saturated rings. The standard InChI is InChI=1S/C14H13N3O4/c1-21-11-7-3-2-5-9(11)16-13(19)14(20)17-12-10(18)6-4-8-15-12/h2-8,18H,1H3,(H,16,19)(H,15,17,20). The molecule has 0 spiro atoms. The van der Waals surface area contributed by atoms with Crippen LogP contribution in [0.5, 0.6) is 11.5 Å². The van der Waals surface area contributed by atoms with Crippen molar-refractivity contribution in [3.8, 4) is 11.5 Å². The van der Waals surface area contributed by atoms with E-state index in [0.29, 0.717) is 11.4 Å². The van der Waals surface area contributed by atoms with Gasteiger partial charge in [0, 0.05) is 6.20 Å². The van der Waals surface area contributed by atoms with E-state index in [1.54, 1.807) is 24.3 Å². The fourth-order valence-corrected chi connectivity index (χ4v) is 1.58. The van der Waals surface area contributed by atoms with Crippen LogP contribution < -0.4 is 15.4 Å². The Kier molecular flexibility index (Phi) is 4.35. The third-order valence-corrected chi connectivity index (χ3v) is 2.58. The third-order valence-electron chi connectivity index (χ3n) is 2.58. The van der Waals surface area contributed by atoms with E-state index < -0.39 is 11.8 Å². The number of hydrogen-bond donors (Lipinski definition) is 3. The van der Waals surface area contributed by atoms with Crippen LogP contribution in [0.25, 0.3) is 0 Å². The molecule has 21 heavy (non-hydrogen) atoms. The Morgan fingerprint density at radius 3 is 2.52 bits per heavy atom. The van der Waals surface area contributed by atoms with Gasteiger partial charge in [-0.2, -0.15) is 0 Å². The number of amides is 2. The van der Waals surface area contributed by atoms with E-state index in [1.165, 1.54) is 25.4 Å². The molecule has 0 aliphatic rings. The van der Waals surface area contributed by atoms with Gasteiger partial charge in [0.1, 0.15) is 5.75 Å². The zero-order chi connectivity index (χ0) is 15.2. The van der Waals surface area contributed by atoms with Crippen molar-refractivity contribution >= 4 is 23.3 Å². The molecule has 0 saturated carbocycles. The maximum absolute atomic E-state index is 11.8. The number of pyridine rings is 1. The minimum atomic E-state index is -0.949. The number of methoxy groups -OCH3 is 1. The molecule has 0 saturated heterocycles. The predicted octanol–water partition coefficient (Wildman–Crippen LogP) is 1.37. The molecule has 0 aliphatic carbocycles. The van der Waals surface area contributed by atoms with Crippen molar-refractivity contribution in [1.82, 2.24) is 4.98 Å². The van der Waals surface area contributed by atoms with Crippen molar-refractivity contribution in [2.45, 2.75) is 0 Å². The van der Waals surface area contributed by atoms with Gasteiger partial charge in [0.25, 0.3) is 0 Å². The Bertz CT molecular complexity index is 673. The average Bonchev–Trinajstić information content (AvgIpc) is 2.50. The van der Waals surface area contributed by atoms with Gasteiger partial charge in [-0.15, -0.1) is 0 Å². The summed E-state index contributed by atoms with van der Waals surface area (Å²) < 4.78 is 5.06. The molecule has 2 rings (SSSR count). The molecule has 108 valence electrons. The van der Waals surface area contributed by atoms with Crippen molar-refractivity contribution < 1.29 is 19.4 Å². The molecule has 0 atom stereocenters.